The first-order chi connectivity index (χ1) is 6.95. The molecule has 0 aromatic rings. The van der Waals surface area contributed by atoms with Crippen molar-refractivity contribution in [3.05, 3.63) is 40.8 Å². The Hall–Kier alpha value is -0.321. The molecule has 2 aliphatic rings. The normalized spacial score (nSPS) is 18.3. The summed E-state index contributed by atoms with van der Waals surface area (Å²) in [5, 5.41) is 16.9. The van der Waals surface area contributed by atoms with Crippen LogP contribution in [0.2, 0.25) is 0 Å². The SMILES string of the molecule is C1=C[N-]CC(N=NC2CCC[N-]C2)=C1.[Cu+2].[Cu+2].[NH2-].[OH3+].[OH3+].[OH3+].[OH3+]. The van der Waals surface area contributed by atoms with E-state index in [0.29, 0.717) is 12.6 Å². The minimum atomic E-state index is 0. The predicted octanol–water partition coefficient (Wildman–Crippen LogP) is -0.216. The zero-order valence-corrected chi connectivity index (χ0v) is 13.5. The molecule has 11 heteroatoms. The van der Waals surface area contributed by atoms with Gasteiger partial charge in [0.2, 0.25) is 0 Å². The van der Waals surface area contributed by atoms with Crippen molar-refractivity contribution in [3.8, 4) is 0 Å². The maximum atomic E-state index is 4.31. The van der Waals surface area contributed by atoms with Gasteiger partial charge in [-0.05, 0) is 12.5 Å². The summed E-state index contributed by atoms with van der Waals surface area (Å²) in [6.07, 6.45) is 7.90. The standard InChI is InChI=1S/C10H14N4.2Cu.H2N.4H2O/c1-3-9(7-11-5-1)13-14-10-4-2-6-12-8-10;;;;;;;/h1,3,5,10H,2,4,6-8H2;;;5*1H2/q-2;2*+2;-1;;;;/p+4. The molecule has 2 aliphatic heterocycles. The van der Waals surface area contributed by atoms with E-state index in [0.717, 1.165) is 31.6 Å². The fourth-order valence-electron chi connectivity index (χ4n) is 1.50. The minimum Gasteiger partial charge on any atom is -0.693 e. The Morgan fingerprint density at radius 1 is 1.10 bits per heavy atom. The minimum absolute atomic E-state index is 0. The van der Waals surface area contributed by atoms with Crippen LogP contribution in [0.25, 0.3) is 16.8 Å². The van der Waals surface area contributed by atoms with Crippen LogP contribution in [0.15, 0.2) is 34.3 Å². The Morgan fingerprint density at radius 2 is 1.76 bits per heavy atom. The van der Waals surface area contributed by atoms with Crippen LogP contribution in [-0.2, 0) is 56.0 Å². The molecular weight excluding hydrogens is 381 g/mol. The summed E-state index contributed by atoms with van der Waals surface area (Å²) in [6, 6.07) is 0.301. The molecule has 0 amide bonds. The average Bonchev–Trinajstić information content (AvgIpc) is 2.29. The van der Waals surface area contributed by atoms with Crippen LogP contribution in [0, 0.1) is 0 Å². The van der Waals surface area contributed by atoms with Gasteiger partial charge in [-0.3, -0.25) is 0 Å². The topological polar surface area (TPSA) is 218 Å². The molecule has 0 aliphatic carbocycles. The molecule has 2 radical (unpaired) electrons. The fourth-order valence-corrected chi connectivity index (χ4v) is 1.50. The first-order valence-electron chi connectivity index (χ1n) is 5.01. The van der Waals surface area contributed by atoms with Crippen molar-refractivity contribution in [2.45, 2.75) is 18.9 Å². The summed E-state index contributed by atoms with van der Waals surface area (Å²) in [5.74, 6) is 0. The monoisotopic (exact) mass is 408 g/mol. The van der Waals surface area contributed by atoms with Gasteiger partial charge in [-0.1, -0.05) is 19.0 Å². The van der Waals surface area contributed by atoms with E-state index in [1.165, 1.54) is 0 Å². The average molecular weight is 409 g/mol. The number of azo groups is 1. The third kappa shape index (κ3) is 14.4. The van der Waals surface area contributed by atoms with Crippen LogP contribution in [0.4, 0.5) is 0 Å². The second-order valence-corrected chi connectivity index (χ2v) is 3.48. The van der Waals surface area contributed by atoms with Gasteiger partial charge in [-0.2, -0.15) is 16.4 Å². The van der Waals surface area contributed by atoms with Crippen LogP contribution >= 0.6 is 0 Å². The summed E-state index contributed by atoms with van der Waals surface area (Å²) in [5.41, 5.74) is 0.943. The number of nitrogens with zero attached hydrogens (tertiary/aromatic N) is 4. The van der Waals surface area contributed by atoms with E-state index >= 15 is 0 Å². The molecule has 0 bridgehead atoms. The quantitative estimate of drug-likeness (QED) is 0.328. The molecule has 1 saturated heterocycles. The second kappa shape index (κ2) is 22.0. The Bertz CT molecular complexity index is 287. The van der Waals surface area contributed by atoms with Gasteiger partial charge >= 0.3 is 34.1 Å². The number of hydrogen-bond acceptors (Lipinski definition) is 2. The van der Waals surface area contributed by atoms with Crippen LogP contribution < -0.4 is 0 Å². The smallest absolute Gasteiger partial charge is 0.693 e. The van der Waals surface area contributed by atoms with Crippen molar-refractivity contribution in [2.75, 3.05) is 19.6 Å². The third-order valence-electron chi connectivity index (χ3n) is 2.28. The number of piperidine rings is 1. The number of hydrogen-bond donors (Lipinski definition) is 0. The maximum absolute atomic E-state index is 4.31. The zero-order chi connectivity index (χ0) is 9.64. The van der Waals surface area contributed by atoms with Gasteiger partial charge in [0.1, 0.15) is 0 Å². The number of nitrogens with two attached hydrogens (primary N) is 1. The first kappa shape index (κ1) is 37.2. The summed E-state index contributed by atoms with van der Waals surface area (Å²) in [6.45, 7) is 2.49. The Kier molecular flexibility index (Phi) is 38.9. The first-order valence-corrected chi connectivity index (χ1v) is 5.01. The molecular formula is C10H28Cu2N5O4+5. The number of rotatable bonds is 2. The molecule has 1 atom stereocenters. The van der Waals surface area contributed by atoms with E-state index < -0.39 is 0 Å². The summed E-state index contributed by atoms with van der Waals surface area (Å²) in [7, 11) is 0. The van der Waals surface area contributed by atoms with Crippen molar-refractivity contribution in [2.24, 2.45) is 10.2 Å². The van der Waals surface area contributed by atoms with Gasteiger partial charge in [0.05, 0.1) is 6.04 Å². The van der Waals surface area contributed by atoms with E-state index in [4.69, 9.17) is 0 Å². The van der Waals surface area contributed by atoms with Crippen molar-refractivity contribution in [1.82, 2.24) is 0 Å². The number of allylic oxidation sites excluding steroid dienone is 2. The van der Waals surface area contributed by atoms with Crippen molar-refractivity contribution < 1.29 is 56.0 Å². The van der Waals surface area contributed by atoms with Crippen LogP contribution in [0.5, 0.6) is 0 Å². The molecule has 2 rings (SSSR count). The molecule has 14 N–H and O–H groups in total. The molecule has 134 valence electrons. The third-order valence-corrected chi connectivity index (χ3v) is 2.28. The molecule has 0 spiro atoms. The van der Waals surface area contributed by atoms with E-state index in [1.807, 2.05) is 12.2 Å². The predicted molar refractivity (Wildman–Crippen MR) is 81.2 cm³/mol. The molecule has 1 unspecified atom stereocenters. The van der Waals surface area contributed by atoms with E-state index in [1.54, 1.807) is 6.20 Å². The summed E-state index contributed by atoms with van der Waals surface area (Å²) < 4.78 is 0. The van der Waals surface area contributed by atoms with Crippen LogP contribution in [-0.4, -0.2) is 25.7 Å². The Morgan fingerprint density at radius 3 is 2.24 bits per heavy atom. The Balaban J connectivity index is -0.0000000804. The molecule has 9 nitrogen and oxygen atoms in total. The summed E-state index contributed by atoms with van der Waals surface area (Å²) >= 11 is 0. The molecule has 2 heterocycles. The van der Waals surface area contributed by atoms with Crippen molar-refractivity contribution >= 4 is 0 Å². The van der Waals surface area contributed by atoms with Gasteiger partial charge in [-0.15, -0.1) is 13.1 Å². The van der Waals surface area contributed by atoms with Gasteiger partial charge in [0, 0.05) is 5.70 Å². The van der Waals surface area contributed by atoms with Crippen molar-refractivity contribution in [3.63, 3.8) is 0 Å². The van der Waals surface area contributed by atoms with E-state index in [9.17, 15) is 0 Å². The van der Waals surface area contributed by atoms with Gasteiger partial charge in [-0.25, -0.2) is 0 Å². The molecule has 0 saturated carbocycles. The molecule has 1 fully saturated rings. The van der Waals surface area contributed by atoms with Crippen LogP contribution in [0.3, 0.4) is 0 Å². The second-order valence-electron chi connectivity index (χ2n) is 3.48. The van der Waals surface area contributed by atoms with Gasteiger partial charge in [0.15, 0.2) is 0 Å². The largest absolute Gasteiger partial charge is 2.00 e. The fraction of sp³-hybridized carbons (Fsp3) is 0.600. The zero-order valence-electron chi connectivity index (χ0n) is 11.6. The maximum Gasteiger partial charge on any atom is 2.00 e. The van der Waals surface area contributed by atoms with Crippen molar-refractivity contribution in [1.29, 1.82) is 0 Å². The molecule has 0 aromatic carbocycles. The molecule has 0 aromatic heterocycles. The summed E-state index contributed by atoms with van der Waals surface area (Å²) in [4.78, 5) is 0. The molecule has 21 heavy (non-hydrogen) atoms. The van der Waals surface area contributed by atoms with Gasteiger partial charge < -0.3 is 38.7 Å². The Labute approximate surface area is 145 Å². The van der Waals surface area contributed by atoms with E-state index in [2.05, 4.69) is 20.9 Å². The van der Waals surface area contributed by atoms with E-state index in [-0.39, 0.29) is 62.2 Å². The van der Waals surface area contributed by atoms with Gasteiger partial charge in [0.25, 0.3) is 0 Å². The van der Waals surface area contributed by atoms with Crippen LogP contribution in [0.1, 0.15) is 12.8 Å².